The van der Waals surface area contributed by atoms with Gasteiger partial charge in [-0.15, -0.1) is 0 Å². The lowest BCUT2D eigenvalue weighted by Crippen LogP contribution is -2.11. The lowest BCUT2D eigenvalue weighted by Gasteiger charge is -2.06. The van der Waals surface area contributed by atoms with Gasteiger partial charge in [-0.1, -0.05) is 37.8 Å². The van der Waals surface area contributed by atoms with Gasteiger partial charge in [-0.2, -0.15) is 0 Å². The van der Waals surface area contributed by atoms with Crippen molar-refractivity contribution in [2.24, 2.45) is 0 Å². The van der Waals surface area contributed by atoms with E-state index in [1.54, 1.807) is 24.3 Å². The first kappa shape index (κ1) is 20.6. The SMILES string of the molecule is O=C(CCCCCCCCC(=O)Nc1ccc(F)cc1)Nc1cc[c]cc1. The zero-order valence-electron chi connectivity index (χ0n) is 15.5. The standard InChI is InChI=1S/C22H26FN2O2/c23-18-14-16-20(17-15-18)25-22(27)13-9-4-2-1-3-8-12-21(26)24-19-10-6-5-7-11-19/h6-7,10-11,14-17H,1-4,8-9,12-13H2,(H,24,26)(H,25,27). The van der Waals surface area contributed by atoms with E-state index in [2.05, 4.69) is 16.7 Å². The van der Waals surface area contributed by atoms with E-state index in [4.69, 9.17) is 0 Å². The second-order valence-corrected chi connectivity index (χ2v) is 6.51. The molecule has 0 aromatic heterocycles. The van der Waals surface area contributed by atoms with E-state index >= 15 is 0 Å². The van der Waals surface area contributed by atoms with Crippen LogP contribution in [0.15, 0.2) is 48.5 Å². The van der Waals surface area contributed by atoms with Crippen molar-refractivity contribution in [3.8, 4) is 0 Å². The average molecular weight is 369 g/mol. The Morgan fingerprint density at radius 1 is 0.704 bits per heavy atom. The number of hydrogen-bond acceptors (Lipinski definition) is 2. The molecule has 2 aromatic rings. The van der Waals surface area contributed by atoms with Gasteiger partial charge in [-0.25, -0.2) is 4.39 Å². The van der Waals surface area contributed by atoms with E-state index in [1.165, 1.54) is 12.1 Å². The minimum Gasteiger partial charge on any atom is -0.326 e. The van der Waals surface area contributed by atoms with Crippen molar-refractivity contribution in [2.75, 3.05) is 10.6 Å². The monoisotopic (exact) mass is 369 g/mol. The molecule has 143 valence electrons. The highest BCUT2D eigenvalue weighted by Crippen LogP contribution is 2.12. The van der Waals surface area contributed by atoms with Crippen molar-refractivity contribution in [3.63, 3.8) is 0 Å². The molecule has 0 unspecified atom stereocenters. The molecule has 0 bridgehead atoms. The Labute approximate surface area is 160 Å². The van der Waals surface area contributed by atoms with Crippen molar-refractivity contribution in [1.29, 1.82) is 0 Å². The molecule has 0 aliphatic rings. The third kappa shape index (κ3) is 8.99. The number of amides is 2. The van der Waals surface area contributed by atoms with Gasteiger partial charge in [0.1, 0.15) is 5.82 Å². The zero-order chi connectivity index (χ0) is 19.3. The Bertz CT molecular complexity index is 702. The van der Waals surface area contributed by atoms with Gasteiger partial charge in [-0.3, -0.25) is 9.59 Å². The van der Waals surface area contributed by atoms with Crippen LogP contribution in [0.5, 0.6) is 0 Å². The van der Waals surface area contributed by atoms with Gasteiger partial charge in [0.15, 0.2) is 0 Å². The fourth-order valence-electron chi connectivity index (χ4n) is 2.73. The van der Waals surface area contributed by atoms with Gasteiger partial charge in [0.05, 0.1) is 0 Å². The molecule has 2 rings (SSSR count). The second kappa shape index (κ2) is 11.8. The number of carbonyl (C=O) groups excluding carboxylic acids is 2. The lowest BCUT2D eigenvalue weighted by atomic mass is 10.1. The fraction of sp³-hybridized carbons (Fsp3) is 0.364. The van der Waals surface area contributed by atoms with Crippen LogP contribution in [0, 0.1) is 11.9 Å². The summed E-state index contributed by atoms with van der Waals surface area (Å²) >= 11 is 0. The molecule has 4 nitrogen and oxygen atoms in total. The predicted octanol–water partition coefficient (Wildman–Crippen LogP) is 5.32. The molecular weight excluding hydrogens is 343 g/mol. The van der Waals surface area contributed by atoms with Gasteiger partial charge in [-0.05, 0) is 55.3 Å². The molecule has 0 saturated carbocycles. The maximum absolute atomic E-state index is 12.8. The Morgan fingerprint density at radius 2 is 1.15 bits per heavy atom. The summed E-state index contributed by atoms with van der Waals surface area (Å²) in [6.45, 7) is 0. The number of nitrogens with one attached hydrogen (secondary N) is 2. The highest BCUT2D eigenvalue weighted by atomic mass is 19.1. The first-order valence-corrected chi connectivity index (χ1v) is 9.45. The van der Waals surface area contributed by atoms with Gasteiger partial charge in [0.2, 0.25) is 11.8 Å². The number of benzene rings is 2. The Kier molecular flexibility index (Phi) is 9.04. The smallest absolute Gasteiger partial charge is 0.224 e. The van der Waals surface area contributed by atoms with E-state index in [-0.39, 0.29) is 17.6 Å². The maximum atomic E-state index is 12.8. The summed E-state index contributed by atoms with van der Waals surface area (Å²) in [6.07, 6.45) is 6.82. The van der Waals surface area contributed by atoms with Gasteiger partial charge in [0.25, 0.3) is 0 Å². The summed E-state index contributed by atoms with van der Waals surface area (Å²) in [5.74, 6) is -0.320. The predicted molar refractivity (Wildman–Crippen MR) is 106 cm³/mol. The fourth-order valence-corrected chi connectivity index (χ4v) is 2.73. The van der Waals surface area contributed by atoms with E-state index in [9.17, 15) is 14.0 Å². The van der Waals surface area contributed by atoms with Crippen molar-refractivity contribution in [1.82, 2.24) is 0 Å². The highest BCUT2D eigenvalue weighted by Gasteiger charge is 2.04. The first-order valence-electron chi connectivity index (χ1n) is 9.45. The van der Waals surface area contributed by atoms with Crippen LogP contribution in [0.3, 0.4) is 0 Å². The minimum atomic E-state index is -0.316. The molecule has 27 heavy (non-hydrogen) atoms. The van der Waals surface area contributed by atoms with E-state index in [1.807, 2.05) is 12.1 Å². The lowest BCUT2D eigenvalue weighted by molar-refractivity contribution is -0.117. The van der Waals surface area contributed by atoms with Crippen LogP contribution >= 0.6 is 0 Å². The Morgan fingerprint density at radius 3 is 1.67 bits per heavy atom. The third-order valence-corrected chi connectivity index (χ3v) is 4.19. The van der Waals surface area contributed by atoms with Crippen molar-refractivity contribution in [2.45, 2.75) is 51.4 Å². The van der Waals surface area contributed by atoms with E-state index in [0.29, 0.717) is 18.5 Å². The van der Waals surface area contributed by atoms with Crippen LogP contribution in [0.4, 0.5) is 15.8 Å². The molecule has 0 atom stereocenters. The molecule has 2 aromatic carbocycles. The molecule has 0 aliphatic heterocycles. The quantitative estimate of drug-likeness (QED) is 0.526. The van der Waals surface area contributed by atoms with Gasteiger partial charge in [0, 0.05) is 24.2 Å². The summed E-state index contributed by atoms with van der Waals surface area (Å²) in [6, 6.07) is 15.9. The molecule has 0 saturated heterocycles. The molecular formula is C22H26FN2O2. The van der Waals surface area contributed by atoms with Crippen molar-refractivity contribution >= 4 is 23.2 Å². The summed E-state index contributed by atoms with van der Waals surface area (Å²) in [4.78, 5) is 23.6. The summed E-state index contributed by atoms with van der Waals surface area (Å²) in [5.41, 5.74) is 1.42. The van der Waals surface area contributed by atoms with Crippen LogP contribution in [-0.2, 0) is 9.59 Å². The van der Waals surface area contributed by atoms with Gasteiger partial charge >= 0.3 is 0 Å². The summed E-state index contributed by atoms with van der Waals surface area (Å²) < 4.78 is 12.8. The van der Waals surface area contributed by atoms with Crippen LogP contribution in [0.1, 0.15) is 51.4 Å². The number of halogens is 1. The molecule has 0 aliphatic carbocycles. The van der Waals surface area contributed by atoms with Crippen LogP contribution < -0.4 is 10.6 Å². The molecule has 2 N–H and O–H groups in total. The number of carbonyl (C=O) groups is 2. The topological polar surface area (TPSA) is 58.2 Å². The largest absolute Gasteiger partial charge is 0.326 e. The van der Waals surface area contributed by atoms with E-state index < -0.39 is 0 Å². The molecule has 2 amide bonds. The number of unbranched alkanes of at least 4 members (excludes halogenated alkanes) is 5. The number of rotatable bonds is 11. The molecule has 1 radical (unpaired) electrons. The third-order valence-electron chi connectivity index (χ3n) is 4.19. The zero-order valence-corrected chi connectivity index (χ0v) is 15.5. The molecule has 5 heteroatoms. The molecule has 0 fully saturated rings. The first-order chi connectivity index (χ1) is 13.1. The maximum Gasteiger partial charge on any atom is 0.224 e. The molecule has 0 heterocycles. The van der Waals surface area contributed by atoms with Crippen LogP contribution in [0.2, 0.25) is 0 Å². The second-order valence-electron chi connectivity index (χ2n) is 6.51. The van der Waals surface area contributed by atoms with E-state index in [0.717, 1.165) is 44.2 Å². The van der Waals surface area contributed by atoms with Gasteiger partial charge < -0.3 is 10.6 Å². The van der Waals surface area contributed by atoms with Crippen LogP contribution in [-0.4, -0.2) is 11.8 Å². The van der Waals surface area contributed by atoms with Crippen LogP contribution in [0.25, 0.3) is 0 Å². The normalized spacial score (nSPS) is 10.4. The number of anilines is 2. The average Bonchev–Trinajstić information content (AvgIpc) is 2.66. The summed E-state index contributed by atoms with van der Waals surface area (Å²) in [7, 11) is 0. The summed E-state index contributed by atoms with van der Waals surface area (Å²) in [5, 5.41) is 5.63. The highest BCUT2D eigenvalue weighted by molar-refractivity contribution is 5.91. The Balaban J connectivity index is 1.44. The number of hydrogen-bond donors (Lipinski definition) is 2. The molecule has 0 spiro atoms. The Hall–Kier alpha value is -2.69. The minimum absolute atomic E-state index is 0.0404. The van der Waals surface area contributed by atoms with Crippen molar-refractivity contribution in [3.05, 3.63) is 60.4 Å². The van der Waals surface area contributed by atoms with Crippen molar-refractivity contribution < 1.29 is 14.0 Å².